The summed E-state index contributed by atoms with van der Waals surface area (Å²) in [4.78, 5) is 25.6. The number of nitrogens with two attached hydrogens (primary N) is 1. The van der Waals surface area contributed by atoms with E-state index in [0.29, 0.717) is 25.0 Å². The van der Waals surface area contributed by atoms with E-state index >= 15 is 0 Å². The van der Waals surface area contributed by atoms with Crippen molar-refractivity contribution in [2.24, 2.45) is 5.73 Å². The first kappa shape index (κ1) is 15.9. The van der Waals surface area contributed by atoms with Crippen molar-refractivity contribution in [1.82, 2.24) is 9.55 Å². The van der Waals surface area contributed by atoms with E-state index in [2.05, 4.69) is 4.98 Å². The highest BCUT2D eigenvalue weighted by molar-refractivity contribution is 5.02. The lowest BCUT2D eigenvalue weighted by molar-refractivity contribution is -0.0498. The predicted molar refractivity (Wildman–Crippen MR) is 75.0 cm³/mol. The molecule has 0 bridgehead atoms. The van der Waals surface area contributed by atoms with Crippen molar-refractivity contribution in [3.05, 3.63) is 32.6 Å². The zero-order valence-corrected chi connectivity index (χ0v) is 12.2. The molecule has 1 aromatic heterocycles. The fourth-order valence-electron chi connectivity index (χ4n) is 2.46. The van der Waals surface area contributed by atoms with Crippen LogP contribution in [0.2, 0.25) is 0 Å². The number of nitrogens with one attached hydrogen (secondary N) is 1. The normalized spacial score (nSPS) is 25.4. The van der Waals surface area contributed by atoms with Crippen LogP contribution in [0, 0.1) is 6.92 Å². The number of hydrogen-bond acceptors (Lipinski definition) is 6. The number of aromatic amines is 1. The van der Waals surface area contributed by atoms with Crippen LogP contribution in [0.5, 0.6) is 0 Å². The third-order valence-electron chi connectivity index (χ3n) is 3.55. The van der Waals surface area contributed by atoms with Crippen LogP contribution in [0.15, 0.2) is 15.8 Å². The minimum atomic E-state index is -0.491. The summed E-state index contributed by atoms with van der Waals surface area (Å²) in [6.07, 6.45) is 1.77. The highest BCUT2D eigenvalue weighted by atomic mass is 16.6. The Hall–Kier alpha value is -1.48. The number of nitrogens with zero attached hydrogens (tertiary/aromatic N) is 1. The molecule has 118 valence electrons. The summed E-state index contributed by atoms with van der Waals surface area (Å²) in [7, 11) is 1.61. The smallest absolute Gasteiger partial charge is 0.330 e. The molecule has 2 heterocycles. The van der Waals surface area contributed by atoms with Gasteiger partial charge in [0.2, 0.25) is 0 Å². The Bertz CT molecular complexity index is 582. The summed E-state index contributed by atoms with van der Waals surface area (Å²) in [6, 6.07) is 0. The Labute approximate surface area is 121 Å². The summed E-state index contributed by atoms with van der Waals surface area (Å²) in [5.74, 6) is 0. The first-order chi connectivity index (χ1) is 10.1. The monoisotopic (exact) mass is 299 g/mol. The van der Waals surface area contributed by atoms with Crippen LogP contribution in [-0.4, -0.2) is 42.2 Å². The highest BCUT2D eigenvalue weighted by Gasteiger charge is 2.37. The summed E-state index contributed by atoms with van der Waals surface area (Å²) in [5.41, 5.74) is 5.01. The molecule has 1 aromatic rings. The number of hydrogen-bond donors (Lipinski definition) is 2. The van der Waals surface area contributed by atoms with Gasteiger partial charge in [0.1, 0.15) is 6.23 Å². The van der Waals surface area contributed by atoms with E-state index in [0.717, 1.165) is 0 Å². The van der Waals surface area contributed by atoms with Crippen LogP contribution in [0.1, 0.15) is 24.6 Å². The fraction of sp³-hybridized carbons (Fsp3) is 0.692. The summed E-state index contributed by atoms with van der Waals surface area (Å²) < 4.78 is 17.8. The van der Waals surface area contributed by atoms with E-state index in [9.17, 15) is 9.59 Å². The molecule has 0 spiro atoms. The second-order valence-corrected chi connectivity index (χ2v) is 5.00. The number of rotatable bonds is 6. The molecule has 1 aliphatic rings. The summed E-state index contributed by atoms with van der Waals surface area (Å²) in [5, 5.41) is 0. The van der Waals surface area contributed by atoms with Crippen LogP contribution in [0.3, 0.4) is 0 Å². The predicted octanol–water partition coefficient (Wildman–Crippen LogP) is -0.530. The van der Waals surface area contributed by atoms with Crippen molar-refractivity contribution in [3.8, 4) is 0 Å². The zero-order valence-electron chi connectivity index (χ0n) is 12.2. The molecule has 0 aromatic carbocycles. The first-order valence-corrected chi connectivity index (χ1v) is 6.85. The van der Waals surface area contributed by atoms with Crippen molar-refractivity contribution in [2.75, 3.05) is 20.4 Å². The minimum Gasteiger partial charge on any atom is -0.385 e. The van der Waals surface area contributed by atoms with E-state index in [1.807, 2.05) is 0 Å². The van der Waals surface area contributed by atoms with Crippen LogP contribution in [0.25, 0.3) is 0 Å². The highest BCUT2D eigenvalue weighted by Crippen LogP contribution is 2.31. The number of aryl methyl sites for hydroxylation is 1. The Morgan fingerprint density at radius 2 is 2.29 bits per heavy atom. The van der Waals surface area contributed by atoms with Crippen LogP contribution < -0.4 is 17.0 Å². The minimum absolute atomic E-state index is 0.0871. The maximum Gasteiger partial charge on any atom is 0.330 e. The van der Waals surface area contributed by atoms with Gasteiger partial charge in [0.25, 0.3) is 5.56 Å². The molecule has 8 nitrogen and oxygen atoms in total. The Balaban J connectivity index is 2.20. The van der Waals surface area contributed by atoms with Gasteiger partial charge in [-0.3, -0.25) is 14.3 Å². The van der Waals surface area contributed by atoms with Crippen molar-refractivity contribution >= 4 is 0 Å². The number of ether oxygens (including phenoxy) is 3. The molecule has 1 aliphatic heterocycles. The quantitative estimate of drug-likeness (QED) is 0.684. The van der Waals surface area contributed by atoms with Gasteiger partial charge >= 0.3 is 5.69 Å². The fourth-order valence-corrected chi connectivity index (χ4v) is 2.46. The molecule has 0 aliphatic carbocycles. The molecule has 3 N–H and O–H groups in total. The van der Waals surface area contributed by atoms with Crippen LogP contribution >= 0.6 is 0 Å². The van der Waals surface area contributed by atoms with E-state index in [1.54, 1.807) is 14.0 Å². The zero-order chi connectivity index (χ0) is 15.4. The van der Waals surface area contributed by atoms with Crippen molar-refractivity contribution in [1.29, 1.82) is 0 Å². The molecule has 1 fully saturated rings. The van der Waals surface area contributed by atoms with Gasteiger partial charge < -0.3 is 19.9 Å². The Morgan fingerprint density at radius 1 is 1.52 bits per heavy atom. The van der Waals surface area contributed by atoms with Gasteiger partial charge in [0, 0.05) is 31.9 Å². The van der Waals surface area contributed by atoms with Gasteiger partial charge in [0.15, 0.2) is 0 Å². The molecular weight excluding hydrogens is 278 g/mol. The van der Waals surface area contributed by atoms with E-state index in [1.165, 1.54) is 10.8 Å². The summed E-state index contributed by atoms with van der Waals surface area (Å²) in [6.45, 7) is 2.26. The maximum absolute atomic E-state index is 11.9. The molecule has 2 unspecified atom stereocenters. The number of methoxy groups -OCH3 is 1. The van der Waals surface area contributed by atoms with Gasteiger partial charge in [-0.15, -0.1) is 0 Å². The van der Waals surface area contributed by atoms with Gasteiger partial charge in [-0.25, -0.2) is 4.79 Å². The molecule has 3 atom stereocenters. The van der Waals surface area contributed by atoms with Crippen molar-refractivity contribution in [3.63, 3.8) is 0 Å². The first-order valence-electron chi connectivity index (χ1n) is 6.85. The van der Waals surface area contributed by atoms with Gasteiger partial charge in [-0.2, -0.15) is 0 Å². The van der Waals surface area contributed by atoms with E-state index in [4.69, 9.17) is 19.9 Å². The van der Waals surface area contributed by atoms with E-state index < -0.39 is 11.9 Å². The average molecular weight is 299 g/mol. The molecule has 0 saturated carbocycles. The van der Waals surface area contributed by atoms with Crippen molar-refractivity contribution < 1.29 is 14.2 Å². The summed E-state index contributed by atoms with van der Waals surface area (Å²) >= 11 is 0. The molecule has 2 rings (SSSR count). The second-order valence-electron chi connectivity index (χ2n) is 5.00. The van der Waals surface area contributed by atoms with E-state index in [-0.39, 0.29) is 24.5 Å². The number of aromatic nitrogens is 2. The molecular formula is C13H21N3O5. The maximum atomic E-state index is 11.9. The molecule has 8 heteroatoms. The van der Waals surface area contributed by atoms with Crippen LogP contribution in [0.4, 0.5) is 0 Å². The topological polar surface area (TPSA) is 109 Å². The lowest BCUT2D eigenvalue weighted by atomic mass is 10.1. The molecule has 1 saturated heterocycles. The lowest BCUT2D eigenvalue weighted by Crippen LogP contribution is -2.33. The lowest BCUT2D eigenvalue weighted by Gasteiger charge is -2.17. The Morgan fingerprint density at radius 3 is 2.95 bits per heavy atom. The molecule has 0 radical (unpaired) electrons. The molecule has 21 heavy (non-hydrogen) atoms. The third kappa shape index (κ3) is 3.59. The van der Waals surface area contributed by atoms with Crippen LogP contribution in [-0.2, 0) is 14.2 Å². The average Bonchev–Trinajstić information content (AvgIpc) is 2.84. The number of H-pyrrole nitrogens is 1. The van der Waals surface area contributed by atoms with Crippen molar-refractivity contribution in [2.45, 2.75) is 38.2 Å². The largest absolute Gasteiger partial charge is 0.385 e. The third-order valence-corrected chi connectivity index (χ3v) is 3.55. The Kier molecular flexibility index (Phi) is 5.29. The van der Waals surface area contributed by atoms with Gasteiger partial charge in [-0.05, 0) is 13.3 Å². The molecule has 0 amide bonds. The second kappa shape index (κ2) is 6.99. The van der Waals surface area contributed by atoms with Gasteiger partial charge in [-0.1, -0.05) is 0 Å². The van der Waals surface area contributed by atoms with Gasteiger partial charge in [0.05, 0.1) is 18.9 Å². The SMILES string of the molecule is COCCC1OC(n2cc(C)c(=O)[nH]c2=O)C[C@H]1OCN. The standard InChI is InChI=1S/C13H21N3O5/c1-8-6-16(13(18)15-12(8)17)11-5-10(20-7-14)9(21-11)3-4-19-2/h6,9-11H,3-5,7,14H2,1-2H3,(H,15,17,18)/t9?,10-,11?/m1/s1.